The number of carbonyl (C=O) groups is 1. The van der Waals surface area contributed by atoms with Gasteiger partial charge in [-0.2, -0.15) is 0 Å². The van der Waals surface area contributed by atoms with Crippen molar-refractivity contribution in [2.75, 3.05) is 6.61 Å². The number of thiophene rings is 1. The third-order valence-corrected chi connectivity index (χ3v) is 3.63. The van der Waals surface area contributed by atoms with E-state index in [4.69, 9.17) is 4.74 Å². The Hall–Kier alpha value is -1.81. The molecule has 0 aliphatic rings. The molecule has 0 unspecified atom stereocenters. The van der Waals surface area contributed by atoms with Crippen LogP contribution in [0.3, 0.4) is 0 Å². The van der Waals surface area contributed by atoms with Crippen molar-refractivity contribution in [3.05, 3.63) is 35.2 Å². The number of rotatable bonds is 4. The minimum Gasteiger partial charge on any atom is -0.494 e. The van der Waals surface area contributed by atoms with E-state index < -0.39 is 5.97 Å². The van der Waals surface area contributed by atoms with Gasteiger partial charge in [0.2, 0.25) is 0 Å². The minimum absolute atomic E-state index is 0.329. The van der Waals surface area contributed by atoms with E-state index in [1.807, 2.05) is 30.5 Å². The minimum atomic E-state index is -0.904. The van der Waals surface area contributed by atoms with Crippen LogP contribution in [0.4, 0.5) is 0 Å². The van der Waals surface area contributed by atoms with Crippen LogP contribution in [0, 0.1) is 0 Å². The van der Waals surface area contributed by atoms with Gasteiger partial charge in [-0.1, -0.05) is 6.08 Å². The largest absolute Gasteiger partial charge is 0.494 e. The van der Waals surface area contributed by atoms with Crippen LogP contribution in [-0.2, 0) is 4.79 Å². The van der Waals surface area contributed by atoms with Gasteiger partial charge in [-0.25, -0.2) is 4.79 Å². The second-order valence-corrected chi connectivity index (χ2v) is 4.66. The summed E-state index contributed by atoms with van der Waals surface area (Å²) in [5.41, 5.74) is 1.08. The molecular formula is C14H14O3S. The van der Waals surface area contributed by atoms with Crippen LogP contribution in [-0.4, -0.2) is 17.7 Å². The Morgan fingerprint density at radius 2 is 2.28 bits per heavy atom. The molecule has 0 aliphatic heterocycles. The molecule has 0 fully saturated rings. The van der Waals surface area contributed by atoms with Gasteiger partial charge < -0.3 is 9.84 Å². The summed E-state index contributed by atoms with van der Waals surface area (Å²) in [5.74, 6) is -0.135. The van der Waals surface area contributed by atoms with Gasteiger partial charge in [0, 0.05) is 21.0 Å². The smallest absolute Gasteiger partial charge is 0.336 e. The molecule has 18 heavy (non-hydrogen) atoms. The van der Waals surface area contributed by atoms with Crippen LogP contribution < -0.4 is 4.74 Å². The van der Waals surface area contributed by atoms with E-state index in [1.54, 1.807) is 24.3 Å². The molecule has 94 valence electrons. The van der Waals surface area contributed by atoms with E-state index in [0.717, 1.165) is 21.4 Å². The molecule has 0 atom stereocenters. The number of hydrogen-bond donors (Lipinski definition) is 1. The Kier molecular flexibility index (Phi) is 3.67. The molecule has 3 nitrogen and oxygen atoms in total. The molecule has 0 radical (unpaired) electrons. The topological polar surface area (TPSA) is 46.5 Å². The Morgan fingerprint density at radius 3 is 2.89 bits per heavy atom. The van der Waals surface area contributed by atoms with Crippen LogP contribution in [0.25, 0.3) is 15.7 Å². The van der Waals surface area contributed by atoms with Gasteiger partial charge in [0.05, 0.1) is 12.2 Å². The Labute approximate surface area is 109 Å². The van der Waals surface area contributed by atoms with Crippen molar-refractivity contribution in [2.45, 2.75) is 13.8 Å². The summed E-state index contributed by atoms with van der Waals surface area (Å²) in [5, 5.41) is 12.0. The van der Waals surface area contributed by atoms with Crippen molar-refractivity contribution in [2.24, 2.45) is 0 Å². The molecule has 0 saturated carbocycles. The highest BCUT2D eigenvalue weighted by Gasteiger charge is 2.14. The zero-order valence-electron chi connectivity index (χ0n) is 10.3. The monoisotopic (exact) mass is 262 g/mol. The van der Waals surface area contributed by atoms with E-state index in [0.29, 0.717) is 12.2 Å². The van der Waals surface area contributed by atoms with Gasteiger partial charge in [-0.3, -0.25) is 0 Å². The fourth-order valence-electron chi connectivity index (χ4n) is 1.87. The predicted molar refractivity (Wildman–Crippen MR) is 74.3 cm³/mol. The number of aliphatic carboxylic acids is 1. The number of fused-ring (bicyclic) bond motifs is 1. The van der Waals surface area contributed by atoms with Crippen LogP contribution in [0.1, 0.15) is 19.4 Å². The Morgan fingerprint density at radius 1 is 1.50 bits per heavy atom. The van der Waals surface area contributed by atoms with Crippen LogP contribution in [0.5, 0.6) is 5.75 Å². The van der Waals surface area contributed by atoms with Gasteiger partial charge >= 0.3 is 5.97 Å². The maximum absolute atomic E-state index is 11.2. The van der Waals surface area contributed by atoms with E-state index in [1.165, 1.54) is 0 Å². The normalized spacial score (nSPS) is 11.8. The molecule has 1 heterocycles. The molecule has 0 saturated heterocycles. The van der Waals surface area contributed by atoms with Crippen LogP contribution >= 0.6 is 11.3 Å². The first kappa shape index (κ1) is 12.6. The van der Waals surface area contributed by atoms with Gasteiger partial charge in [0.1, 0.15) is 5.75 Å². The second kappa shape index (κ2) is 5.23. The predicted octanol–water partition coefficient (Wildman–Crippen LogP) is 3.79. The SMILES string of the molecule is CC=C(C(=O)O)c1csc2ccc(OCC)cc12. The summed E-state index contributed by atoms with van der Waals surface area (Å²) in [6, 6.07) is 5.77. The van der Waals surface area contributed by atoms with E-state index in [2.05, 4.69) is 0 Å². The van der Waals surface area contributed by atoms with Gasteiger partial charge in [0.15, 0.2) is 0 Å². The average molecular weight is 262 g/mol. The lowest BCUT2D eigenvalue weighted by Crippen LogP contribution is -1.98. The zero-order chi connectivity index (χ0) is 13.1. The highest BCUT2D eigenvalue weighted by Crippen LogP contribution is 2.33. The molecule has 0 aliphatic carbocycles. The fraction of sp³-hybridized carbons (Fsp3) is 0.214. The number of carboxylic acids is 1. The number of benzene rings is 1. The van der Waals surface area contributed by atoms with Crippen molar-refractivity contribution in [3.63, 3.8) is 0 Å². The molecule has 1 aromatic heterocycles. The standard InChI is InChI=1S/C14H14O3S/c1-3-10(14(15)16)12-8-18-13-6-5-9(17-4-2)7-11(12)13/h3,5-8H,4H2,1-2H3,(H,15,16). The quantitative estimate of drug-likeness (QED) is 0.853. The number of hydrogen-bond acceptors (Lipinski definition) is 3. The summed E-state index contributed by atoms with van der Waals surface area (Å²) >= 11 is 1.54. The van der Waals surface area contributed by atoms with Crippen LogP contribution in [0.15, 0.2) is 29.7 Å². The van der Waals surface area contributed by atoms with E-state index in [-0.39, 0.29) is 0 Å². The third-order valence-electron chi connectivity index (χ3n) is 2.67. The fourth-order valence-corrected chi connectivity index (χ4v) is 2.81. The Bertz CT molecular complexity index is 611. The lowest BCUT2D eigenvalue weighted by Gasteiger charge is -2.04. The third kappa shape index (κ3) is 2.24. The van der Waals surface area contributed by atoms with Crippen molar-refractivity contribution in [1.29, 1.82) is 0 Å². The van der Waals surface area contributed by atoms with Crippen molar-refractivity contribution in [1.82, 2.24) is 0 Å². The Balaban J connectivity index is 2.58. The van der Waals surface area contributed by atoms with Crippen molar-refractivity contribution < 1.29 is 14.6 Å². The highest BCUT2D eigenvalue weighted by molar-refractivity contribution is 7.17. The molecular weight excluding hydrogens is 248 g/mol. The lowest BCUT2D eigenvalue weighted by molar-refractivity contribution is -0.130. The van der Waals surface area contributed by atoms with Crippen molar-refractivity contribution >= 4 is 33.0 Å². The van der Waals surface area contributed by atoms with E-state index in [9.17, 15) is 9.90 Å². The number of ether oxygens (including phenoxy) is 1. The summed E-state index contributed by atoms with van der Waals surface area (Å²) in [6.07, 6.45) is 1.62. The molecule has 2 rings (SSSR count). The number of carboxylic acid groups (broad SMARTS) is 1. The first-order valence-electron chi connectivity index (χ1n) is 5.71. The van der Waals surface area contributed by atoms with Gasteiger partial charge in [-0.15, -0.1) is 11.3 Å². The zero-order valence-corrected chi connectivity index (χ0v) is 11.1. The lowest BCUT2D eigenvalue weighted by atomic mass is 10.0. The summed E-state index contributed by atoms with van der Waals surface area (Å²) in [6.45, 7) is 4.26. The molecule has 1 aromatic carbocycles. The maximum atomic E-state index is 11.2. The number of allylic oxidation sites excluding steroid dienone is 1. The molecule has 0 amide bonds. The van der Waals surface area contributed by atoms with E-state index >= 15 is 0 Å². The molecule has 2 aromatic rings. The van der Waals surface area contributed by atoms with Crippen LogP contribution in [0.2, 0.25) is 0 Å². The van der Waals surface area contributed by atoms with Crippen molar-refractivity contribution in [3.8, 4) is 5.75 Å². The molecule has 0 spiro atoms. The molecule has 1 N–H and O–H groups in total. The first-order chi connectivity index (χ1) is 8.67. The molecule has 4 heteroatoms. The van der Waals surface area contributed by atoms with Gasteiger partial charge in [0.25, 0.3) is 0 Å². The average Bonchev–Trinajstić information content (AvgIpc) is 2.74. The summed E-state index contributed by atoms with van der Waals surface area (Å²) in [7, 11) is 0. The summed E-state index contributed by atoms with van der Waals surface area (Å²) < 4.78 is 6.51. The van der Waals surface area contributed by atoms with Gasteiger partial charge in [-0.05, 0) is 32.0 Å². The highest BCUT2D eigenvalue weighted by atomic mass is 32.1. The molecule has 0 bridgehead atoms. The first-order valence-corrected chi connectivity index (χ1v) is 6.59. The maximum Gasteiger partial charge on any atom is 0.336 e. The summed E-state index contributed by atoms with van der Waals surface area (Å²) in [4.78, 5) is 11.2. The second-order valence-electron chi connectivity index (χ2n) is 3.75.